The average molecular weight is 561 g/mol. The molecule has 214 valence electrons. The third-order valence-electron chi connectivity index (χ3n) is 6.36. The van der Waals surface area contributed by atoms with Gasteiger partial charge in [0, 0.05) is 24.9 Å². The summed E-state index contributed by atoms with van der Waals surface area (Å²) in [5, 5.41) is 11.8. The van der Waals surface area contributed by atoms with E-state index in [2.05, 4.69) is 10.3 Å². The van der Waals surface area contributed by atoms with Gasteiger partial charge in [0.2, 0.25) is 5.89 Å². The standard InChI is InChI=1S/C32H33FN2O6/c1-20(2)40-32(38)34-19-26-18-28(14-10-24(26)11-15-30(36)37)39-17-16-29-21(3)41-31(35-29)25-6-4-22(5-7-25)23-8-12-27(33)13-9-23/h4-10,12-14,18,20H,11,15-17,19H2,1-3H3,(H,34,38)(H,36,37). The number of ether oxygens (including phenoxy) is 2. The Morgan fingerprint density at radius 3 is 2.27 bits per heavy atom. The molecular weight excluding hydrogens is 527 g/mol. The molecule has 1 amide bonds. The van der Waals surface area contributed by atoms with Crippen molar-refractivity contribution in [3.8, 4) is 28.3 Å². The predicted molar refractivity (Wildman–Crippen MR) is 152 cm³/mol. The number of aryl methyl sites for hydroxylation is 2. The lowest BCUT2D eigenvalue weighted by molar-refractivity contribution is -0.136. The van der Waals surface area contributed by atoms with E-state index in [9.17, 15) is 14.0 Å². The summed E-state index contributed by atoms with van der Waals surface area (Å²) < 4.78 is 30.2. The molecule has 0 atom stereocenters. The zero-order valence-electron chi connectivity index (χ0n) is 23.3. The summed E-state index contributed by atoms with van der Waals surface area (Å²) in [5.74, 6) is 0.632. The number of nitrogens with zero attached hydrogens (tertiary/aromatic N) is 1. The van der Waals surface area contributed by atoms with Crippen LogP contribution in [0.4, 0.5) is 9.18 Å². The van der Waals surface area contributed by atoms with Crippen LogP contribution in [0.25, 0.3) is 22.6 Å². The number of carbonyl (C=O) groups excluding carboxylic acids is 1. The summed E-state index contributed by atoms with van der Waals surface area (Å²) in [6, 6.07) is 19.5. The molecule has 2 N–H and O–H groups in total. The molecule has 4 rings (SSSR count). The fraction of sp³-hybridized carbons (Fsp3) is 0.281. The van der Waals surface area contributed by atoms with Crippen LogP contribution in [0.5, 0.6) is 5.75 Å². The number of carboxylic acid groups (broad SMARTS) is 1. The number of alkyl carbamates (subject to hydrolysis) is 1. The largest absolute Gasteiger partial charge is 0.493 e. The normalized spacial score (nSPS) is 11.0. The maximum absolute atomic E-state index is 13.2. The van der Waals surface area contributed by atoms with Gasteiger partial charge in [-0.2, -0.15) is 0 Å². The van der Waals surface area contributed by atoms with E-state index in [0.717, 1.165) is 33.5 Å². The third kappa shape index (κ3) is 8.41. The van der Waals surface area contributed by atoms with E-state index in [1.54, 1.807) is 38.1 Å². The third-order valence-corrected chi connectivity index (χ3v) is 6.36. The number of rotatable bonds is 12. The first-order chi connectivity index (χ1) is 19.7. The lowest BCUT2D eigenvalue weighted by Crippen LogP contribution is -2.26. The number of carboxylic acids is 1. The lowest BCUT2D eigenvalue weighted by Gasteiger charge is -2.14. The van der Waals surface area contributed by atoms with E-state index in [1.165, 1.54) is 12.1 Å². The van der Waals surface area contributed by atoms with Crippen LogP contribution in [0.15, 0.2) is 71.1 Å². The van der Waals surface area contributed by atoms with Gasteiger partial charge < -0.3 is 24.3 Å². The van der Waals surface area contributed by atoms with Gasteiger partial charge in [-0.1, -0.05) is 30.3 Å². The molecule has 0 fully saturated rings. The van der Waals surface area contributed by atoms with Crippen LogP contribution in [0.2, 0.25) is 0 Å². The molecule has 0 aliphatic heterocycles. The van der Waals surface area contributed by atoms with Gasteiger partial charge in [0.1, 0.15) is 17.3 Å². The van der Waals surface area contributed by atoms with Crippen molar-refractivity contribution in [1.29, 1.82) is 0 Å². The molecule has 1 aromatic heterocycles. The molecule has 41 heavy (non-hydrogen) atoms. The second-order valence-electron chi connectivity index (χ2n) is 9.84. The molecule has 0 bridgehead atoms. The molecule has 1 heterocycles. The summed E-state index contributed by atoms with van der Waals surface area (Å²) in [5.41, 5.74) is 5.06. The van der Waals surface area contributed by atoms with Crippen molar-refractivity contribution in [3.63, 3.8) is 0 Å². The molecule has 9 heteroatoms. The first kappa shape index (κ1) is 29.3. The highest BCUT2D eigenvalue weighted by atomic mass is 19.1. The van der Waals surface area contributed by atoms with Crippen molar-refractivity contribution < 1.29 is 33.0 Å². The van der Waals surface area contributed by atoms with Crippen LogP contribution in [0.1, 0.15) is 42.8 Å². The minimum Gasteiger partial charge on any atom is -0.493 e. The van der Waals surface area contributed by atoms with Crippen molar-refractivity contribution in [2.24, 2.45) is 0 Å². The van der Waals surface area contributed by atoms with E-state index in [-0.39, 0.29) is 24.9 Å². The van der Waals surface area contributed by atoms with E-state index in [1.807, 2.05) is 37.3 Å². The fourth-order valence-electron chi connectivity index (χ4n) is 4.26. The van der Waals surface area contributed by atoms with Crippen LogP contribution in [-0.2, 0) is 28.9 Å². The molecular formula is C32H33FN2O6. The number of hydrogen-bond donors (Lipinski definition) is 2. The molecule has 0 saturated carbocycles. The molecule has 0 spiro atoms. The Labute approximate surface area is 238 Å². The molecule has 0 aliphatic rings. The highest BCUT2D eigenvalue weighted by Crippen LogP contribution is 2.27. The molecule has 0 radical (unpaired) electrons. The van der Waals surface area contributed by atoms with E-state index < -0.39 is 12.1 Å². The van der Waals surface area contributed by atoms with E-state index in [0.29, 0.717) is 36.8 Å². The molecule has 0 unspecified atom stereocenters. The van der Waals surface area contributed by atoms with Gasteiger partial charge in [-0.15, -0.1) is 0 Å². The Hall–Kier alpha value is -4.66. The Bertz CT molecular complexity index is 1480. The van der Waals surface area contributed by atoms with Crippen LogP contribution in [0, 0.1) is 12.7 Å². The quantitative estimate of drug-likeness (QED) is 0.198. The average Bonchev–Trinajstić information content (AvgIpc) is 3.31. The number of nitrogens with one attached hydrogen (secondary N) is 1. The van der Waals surface area contributed by atoms with Crippen molar-refractivity contribution in [3.05, 3.63) is 95.1 Å². The number of carbonyl (C=O) groups is 2. The van der Waals surface area contributed by atoms with E-state index in [4.69, 9.17) is 19.0 Å². The Balaban J connectivity index is 1.38. The number of amides is 1. The van der Waals surface area contributed by atoms with Crippen molar-refractivity contribution in [1.82, 2.24) is 10.3 Å². The second kappa shape index (κ2) is 13.6. The Morgan fingerprint density at radius 1 is 0.951 bits per heavy atom. The summed E-state index contributed by atoms with van der Waals surface area (Å²) in [7, 11) is 0. The van der Waals surface area contributed by atoms with Gasteiger partial charge in [0.15, 0.2) is 0 Å². The summed E-state index contributed by atoms with van der Waals surface area (Å²) in [4.78, 5) is 27.7. The molecule has 4 aromatic rings. The van der Waals surface area contributed by atoms with Crippen molar-refractivity contribution in [2.45, 2.75) is 52.7 Å². The highest BCUT2D eigenvalue weighted by Gasteiger charge is 2.14. The van der Waals surface area contributed by atoms with E-state index >= 15 is 0 Å². The Kier molecular flexibility index (Phi) is 9.73. The first-order valence-corrected chi connectivity index (χ1v) is 13.4. The smallest absolute Gasteiger partial charge is 0.407 e. The zero-order valence-corrected chi connectivity index (χ0v) is 23.3. The number of halogens is 1. The van der Waals surface area contributed by atoms with Crippen LogP contribution in [0.3, 0.4) is 0 Å². The zero-order chi connectivity index (χ0) is 29.4. The van der Waals surface area contributed by atoms with Gasteiger partial charge in [-0.05, 0) is 85.8 Å². The summed E-state index contributed by atoms with van der Waals surface area (Å²) in [6.07, 6.45) is 0.0255. The van der Waals surface area contributed by atoms with Gasteiger partial charge in [-0.3, -0.25) is 4.79 Å². The van der Waals surface area contributed by atoms with Crippen LogP contribution < -0.4 is 10.1 Å². The lowest BCUT2D eigenvalue weighted by atomic mass is 10.0. The van der Waals surface area contributed by atoms with Gasteiger partial charge in [-0.25, -0.2) is 14.2 Å². The second-order valence-corrected chi connectivity index (χ2v) is 9.84. The SMILES string of the molecule is Cc1oc(-c2ccc(-c3ccc(F)cc3)cc2)nc1CCOc1ccc(CCC(=O)O)c(CNC(=O)OC(C)C)c1. The predicted octanol–water partition coefficient (Wildman–Crippen LogP) is 6.73. The molecule has 8 nitrogen and oxygen atoms in total. The van der Waals surface area contributed by atoms with Crippen molar-refractivity contribution in [2.75, 3.05) is 6.61 Å². The minimum atomic E-state index is -0.894. The summed E-state index contributed by atoms with van der Waals surface area (Å²) >= 11 is 0. The maximum atomic E-state index is 13.2. The van der Waals surface area contributed by atoms with Crippen molar-refractivity contribution >= 4 is 12.1 Å². The first-order valence-electron chi connectivity index (χ1n) is 13.4. The number of aliphatic carboxylic acids is 1. The highest BCUT2D eigenvalue weighted by molar-refractivity contribution is 5.68. The van der Waals surface area contributed by atoms with Crippen LogP contribution in [-0.4, -0.2) is 34.9 Å². The fourth-order valence-corrected chi connectivity index (χ4v) is 4.26. The number of benzene rings is 3. The number of aromatic nitrogens is 1. The topological polar surface area (TPSA) is 111 Å². The minimum absolute atomic E-state index is 0.0215. The number of hydrogen-bond acceptors (Lipinski definition) is 6. The monoisotopic (exact) mass is 560 g/mol. The number of oxazole rings is 1. The molecule has 3 aromatic carbocycles. The van der Waals surface area contributed by atoms with Crippen LogP contribution >= 0.6 is 0 Å². The summed E-state index contributed by atoms with van der Waals surface area (Å²) in [6.45, 7) is 5.90. The Morgan fingerprint density at radius 2 is 1.61 bits per heavy atom. The molecule has 0 aliphatic carbocycles. The molecule has 0 saturated heterocycles. The van der Waals surface area contributed by atoms with Gasteiger partial charge in [0.05, 0.1) is 18.4 Å². The van der Waals surface area contributed by atoms with Gasteiger partial charge >= 0.3 is 12.1 Å². The maximum Gasteiger partial charge on any atom is 0.407 e. The van der Waals surface area contributed by atoms with Gasteiger partial charge in [0.25, 0.3) is 0 Å².